The van der Waals surface area contributed by atoms with E-state index < -0.39 is 0 Å². The molecule has 22 heavy (non-hydrogen) atoms. The number of hydrogen-bond donors (Lipinski definition) is 1. The van der Waals surface area contributed by atoms with Gasteiger partial charge in [-0.25, -0.2) is 14.8 Å². The minimum Gasteiger partial charge on any atom is -0.465 e. The fraction of sp³-hybridized carbons (Fsp3) is 0.0625. The topological polar surface area (TPSA) is 64.1 Å². The first-order chi connectivity index (χ1) is 10.8. The molecule has 0 saturated carbocycles. The number of ether oxygens (including phenoxy) is 1. The Morgan fingerprint density at radius 1 is 1.18 bits per heavy atom. The number of rotatable bonds is 4. The zero-order chi connectivity index (χ0) is 15.4. The van der Waals surface area contributed by atoms with Crippen LogP contribution in [0.15, 0.2) is 54.0 Å². The van der Waals surface area contributed by atoms with Gasteiger partial charge in [-0.3, -0.25) is 0 Å². The van der Waals surface area contributed by atoms with Gasteiger partial charge in [0, 0.05) is 17.1 Å². The molecule has 0 aliphatic heterocycles. The van der Waals surface area contributed by atoms with Crippen LogP contribution in [0.1, 0.15) is 10.4 Å². The average Bonchev–Trinajstić information content (AvgIpc) is 3.04. The lowest BCUT2D eigenvalue weighted by molar-refractivity contribution is 0.0601. The third kappa shape index (κ3) is 3.12. The summed E-state index contributed by atoms with van der Waals surface area (Å²) in [7, 11) is 1.37. The van der Waals surface area contributed by atoms with Crippen LogP contribution in [-0.4, -0.2) is 23.0 Å². The molecule has 3 rings (SSSR count). The van der Waals surface area contributed by atoms with Gasteiger partial charge in [0.15, 0.2) is 5.13 Å². The first-order valence-corrected chi connectivity index (χ1v) is 7.46. The molecule has 0 spiro atoms. The molecule has 0 amide bonds. The van der Waals surface area contributed by atoms with Gasteiger partial charge in [-0.1, -0.05) is 18.2 Å². The van der Waals surface area contributed by atoms with Crippen molar-refractivity contribution >= 4 is 28.3 Å². The third-order valence-corrected chi connectivity index (χ3v) is 3.76. The quantitative estimate of drug-likeness (QED) is 0.744. The Morgan fingerprint density at radius 2 is 2.00 bits per heavy atom. The maximum Gasteiger partial charge on any atom is 0.337 e. The largest absolute Gasteiger partial charge is 0.465 e. The molecule has 2 aromatic heterocycles. The number of aromatic nitrogens is 2. The average molecular weight is 311 g/mol. The van der Waals surface area contributed by atoms with E-state index in [1.165, 1.54) is 18.4 Å². The molecular weight excluding hydrogens is 298 g/mol. The van der Waals surface area contributed by atoms with Crippen LogP contribution in [-0.2, 0) is 4.74 Å². The second-order valence-electron chi connectivity index (χ2n) is 4.45. The number of methoxy groups -OCH3 is 1. The van der Waals surface area contributed by atoms with Crippen molar-refractivity contribution in [2.24, 2.45) is 0 Å². The van der Waals surface area contributed by atoms with Crippen LogP contribution in [0.4, 0.5) is 10.9 Å². The summed E-state index contributed by atoms with van der Waals surface area (Å²) < 4.78 is 4.68. The van der Waals surface area contributed by atoms with Crippen molar-refractivity contribution in [3.63, 3.8) is 0 Å². The number of pyridine rings is 1. The zero-order valence-electron chi connectivity index (χ0n) is 11.8. The number of anilines is 2. The highest BCUT2D eigenvalue weighted by Crippen LogP contribution is 2.26. The van der Waals surface area contributed by atoms with E-state index in [0.717, 1.165) is 22.2 Å². The highest BCUT2D eigenvalue weighted by atomic mass is 32.1. The molecule has 0 aliphatic rings. The van der Waals surface area contributed by atoms with Crippen molar-refractivity contribution in [2.45, 2.75) is 0 Å². The molecule has 110 valence electrons. The van der Waals surface area contributed by atoms with E-state index >= 15 is 0 Å². The highest BCUT2D eigenvalue weighted by Gasteiger charge is 2.08. The molecule has 0 radical (unpaired) electrons. The van der Waals surface area contributed by atoms with E-state index in [-0.39, 0.29) is 5.97 Å². The summed E-state index contributed by atoms with van der Waals surface area (Å²) in [4.78, 5) is 20.1. The van der Waals surface area contributed by atoms with Crippen molar-refractivity contribution in [1.82, 2.24) is 9.97 Å². The molecule has 5 nitrogen and oxygen atoms in total. The summed E-state index contributed by atoms with van der Waals surface area (Å²) in [6.45, 7) is 0. The van der Waals surface area contributed by atoms with Crippen LogP contribution >= 0.6 is 11.3 Å². The summed E-state index contributed by atoms with van der Waals surface area (Å²) in [5.41, 5.74) is 2.31. The summed E-state index contributed by atoms with van der Waals surface area (Å²) >= 11 is 1.50. The van der Waals surface area contributed by atoms with Gasteiger partial charge in [0.1, 0.15) is 5.82 Å². The minimum absolute atomic E-state index is 0.345. The first kappa shape index (κ1) is 14.2. The van der Waals surface area contributed by atoms with Crippen molar-refractivity contribution in [2.75, 3.05) is 12.4 Å². The third-order valence-electron chi connectivity index (χ3n) is 3.01. The lowest BCUT2D eigenvalue weighted by Gasteiger charge is -2.01. The molecule has 1 aromatic carbocycles. The molecule has 0 unspecified atom stereocenters. The smallest absolute Gasteiger partial charge is 0.337 e. The van der Waals surface area contributed by atoms with E-state index in [1.807, 2.05) is 35.7 Å². The van der Waals surface area contributed by atoms with Gasteiger partial charge in [0.05, 0.1) is 18.4 Å². The number of nitrogens with zero attached hydrogens (tertiary/aromatic N) is 2. The summed E-state index contributed by atoms with van der Waals surface area (Å²) in [5, 5.41) is 5.88. The SMILES string of the molecule is COC(=O)c1ccc(-c2csc(Nc3ccccn3)n2)cc1. The maximum absolute atomic E-state index is 11.4. The molecule has 0 atom stereocenters. The molecule has 0 bridgehead atoms. The number of nitrogens with one attached hydrogen (secondary N) is 1. The fourth-order valence-electron chi connectivity index (χ4n) is 1.90. The Kier molecular flexibility index (Phi) is 4.11. The highest BCUT2D eigenvalue weighted by molar-refractivity contribution is 7.14. The second-order valence-corrected chi connectivity index (χ2v) is 5.30. The van der Waals surface area contributed by atoms with E-state index in [0.29, 0.717) is 5.56 Å². The summed E-state index contributed by atoms with van der Waals surface area (Å²) in [5.74, 6) is 0.409. The number of hydrogen-bond acceptors (Lipinski definition) is 6. The van der Waals surface area contributed by atoms with Crippen molar-refractivity contribution in [3.05, 3.63) is 59.6 Å². The normalized spacial score (nSPS) is 10.2. The molecular formula is C16H13N3O2S. The monoisotopic (exact) mass is 311 g/mol. The number of esters is 1. The molecule has 1 N–H and O–H groups in total. The Morgan fingerprint density at radius 3 is 2.68 bits per heavy atom. The van der Waals surface area contributed by atoms with Crippen molar-refractivity contribution in [3.8, 4) is 11.3 Å². The van der Waals surface area contributed by atoms with Crippen LogP contribution in [0.5, 0.6) is 0 Å². The number of carbonyl (C=O) groups excluding carboxylic acids is 1. The summed E-state index contributed by atoms with van der Waals surface area (Å²) in [6, 6.07) is 12.8. The predicted molar refractivity (Wildman–Crippen MR) is 86.4 cm³/mol. The van der Waals surface area contributed by atoms with Crippen molar-refractivity contribution in [1.29, 1.82) is 0 Å². The Hall–Kier alpha value is -2.73. The summed E-state index contributed by atoms with van der Waals surface area (Å²) in [6.07, 6.45) is 1.72. The van der Waals surface area contributed by atoms with E-state index in [9.17, 15) is 4.79 Å². The van der Waals surface area contributed by atoms with Gasteiger partial charge in [0.25, 0.3) is 0 Å². The van der Waals surface area contributed by atoms with Gasteiger partial charge in [-0.05, 0) is 24.3 Å². The molecule has 0 fully saturated rings. The second kappa shape index (κ2) is 6.36. The number of thiazole rings is 1. The predicted octanol–water partition coefficient (Wildman–Crippen LogP) is 3.74. The minimum atomic E-state index is -0.345. The van der Waals surface area contributed by atoms with E-state index in [4.69, 9.17) is 0 Å². The maximum atomic E-state index is 11.4. The Balaban J connectivity index is 1.77. The standard InChI is InChI=1S/C16H13N3O2S/c1-21-15(20)12-7-5-11(6-8-12)13-10-22-16(18-13)19-14-4-2-3-9-17-14/h2-10H,1H3,(H,17,18,19). The van der Waals surface area contributed by atoms with Crippen LogP contribution in [0, 0.1) is 0 Å². The molecule has 0 saturated heterocycles. The van der Waals surface area contributed by atoms with Crippen LogP contribution in [0.25, 0.3) is 11.3 Å². The van der Waals surface area contributed by atoms with E-state index in [2.05, 4.69) is 20.0 Å². The van der Waals surface area contributed by atoms with E-state index in [1.54, 1.807) is 18.3 Å². The van der Waals surface area contributed by atoms with Crippen LogP contribution in [0.2, 0.25) is 0 Å². The number of benzene rings is 1. The van der Waals surface area contributed by atoms with Gasteiger partial charge in [-0.2, -0.15) is 0 Å². The van der Waals surface area contributed by atoms with Crippen LogP contribution in [0.3, 0.4) is 0 Å². The fourth-order valence-corrected chi connectivity index (χ4v) is 2.63. The molecule has 0 aliphatic carbocycles. The zero-order valence-corrected chi connectivity index (χ0v) is 12.6. The molecule has 6 heteroatoms. The van der Waals surface area contributed by atoms with Crippen molar-refractivity contribution < 1.29 is 9.53 Å². The van der Waals surface area contributed by atoms with Gasteiger partial charge >= 0.3 is 5.97 Å². The lowest BCUT2D eigenvalue weighted by Crippen LogP contribution is -2.00. The van der Waals surface area contributed by atoms with Gasteiger partial charge in [0.2, 0.25) is 0 Å². The first-order valence-electron chi connectivity index (χ1n) is 6.58. The number of carbonyl (C=O) groups is 1. The van der Waals surface area contributed by atoms with Gasteiger partial charge < -0.3 is 10.1 Å². The molecule has 3 aromatic rings. The van der Waals surface area contributed by atoms with Gasteiger partial charge in [-0.15, -0.1) is 11.3 Å². The lowest BCUT2D eigenvalue weighted by atomic mass is 10.1. The Labute approximate surface area is 131 Å². The Bertz CT molecular complexity index is 770. The van der Waals surface area contributed by atoms with Crippen LogP contribution < -0.4 is 5.32 Å². The molecule has 2 heterocycles.